The summed E-state index contributed by atoms with van der Waals surface area (Å²) in [6.45, 7) is -0.195. The monoisotopic (exact) mass is 1850 g/mol. The van der Waals surface area contributed by atoms with Crippen molar-refractivity contribution >= 4 is 23.6 Å². The molecule has 42 heteroatoms. The topological polar surface area (TPSA) is 650 Å². The molecule has 7 aliphatic rings. The molecule has 7 aliphatic heterocycles. The number of carbonyl (C=O) groups is 4. The highest BCUT2D eigenvalue weighted by Crippen LogP contribution is 2.39. The second-order valence-electron chi connectivity index (χ2n) is 34.9. The summed E-state index contributed by atoms with van der Waals surface area (Å²) in [7, 11) is 0. The third-order valence-electron chi connectivity index (χ3n) is 24.7. The Morgan fingerprint density at radius 3 is 1.10 bits per heavy atom. The second kappa shape index (κ2) is 58.6. The first-order chi connectivity index (χ1) is 61.4. The molecule has 7 rings (SSSR count). The highest BCUT2D eigenvalue weighted by molar-refractivity contribution is 5.76. The van der Waals surface area contributed by atoms with Crippen molar-refractivity contribution in [3.05, 3.63) is 12.2 Å². The zero-order valence-corrected chi connectivity index (χ0v) is 74.7. The molecule has 42 nitrogen and oxygen atoms in total. The molecule has 7 fully saturated rings. The van der Waals surface area contributed by atoms with Gasteiger partial charge < -0.3 is 190 Å². The molecule has 0 saturated carbocycles. The van der Waals surface area contributed by atoms with Gasteiger partial charge in [0.25, 0.3) is 0 Å². The van der Waals surface area contributed by atoms with Crippen molar-refractivity contribution in [3.8, 4) is 0 Å². The molecular formula is C86H154N4O38. The van der Waals surface area contributed by atoms with Gasteiger partial charge >= 0.3 is 0 Å². The Kier molecular flexibility index (Phi) is 51.0. The minimum Gasteiger partial charge on any atom is -0.394 e. The van der Waals surface area contributed by atoms with Crippen LogP contribution < -0.4 is 21.3 Å². The van der Waals surface area contributed by atoms with Gasteiger partial charge in [0.05, 0.1) is 65.0 Å². The van der Waals surface area contributed by atoms with Gasteiger partial charge in [-0.2, -0.15) is 0 Å². The molecule has 24 N–H and O–H groups in total. The number of aliphatic hydroxyl groups excluding tert-OH is 20. The fraction of sp³-hybridized carbons (Fsp3) is 0.930. The summed E-state index contributed by atoms with van der Waals surface area (Å²) in [6, 6.07) is -6.41. The number of aliphatic hydroxyl groups is 20. The Morgan fingerprint density at radius 1 is 0.312 bits per heavy atom. The summed E-state index contributed by atoms with van der Waals surface area (Å²) < 4.78 is 84.2. The molecule has 746 valence electrons. The van der Waals surface area contributed by atoms with Crippen molar-refractivity contribution in [2.24, 2.45) is 0 Å². The highest BCUT2D eigenvalue weighted by Gasteiger charge is 2.59. The lowest BCUT2D eigenvalue weighted by atomic mass is 9.93. The van der Waals surface area contributed by atoms with E-state index in [1.54, 1.807) is 6.08 Å². The molecular weight excluding hydrogens is 1700 g/mol. The van der Waals surface area contributed by atoms with E-state index < -0.39 is 303 Å². The van der Waals surface area contributed by atoms with Gasteiger partial charge in [0.2, 0.25) is 23.6 Å². The Bertz CT molecular complexity index is 3100. The molecule has 128 heavy (non-hydrogen) atoms. The number of nitrogens with one attached hydrogen (secondary N) is 4. The quantitative estimate of drug-likeness (QED) is 0.0206. The van der Waals surface area contributed by atoms with Crippen LogP contribution in [0, 0.1) is 0 Å². The van der Waals surface area contributed by atoms with Crippen LogP contribution in [-0.2, 0) is 85.5 Å². The minimum atomic E-state index is -2.42. The fourth-order valence-corrected chi connectivity index (χ4v) is 17.2. The van der Waals surface area contributed by atoms with Gasteiger partial charge in [-0.3, -0.25) is 19.2 Å². The van der Waals surface area contributed by atoms with Crippen LogP contribution in [0.1, 0.15) is 227 Å². The van der Waals surface area contributed by atoms with Crippen LogP contribution in [0.25, 0.3) is 0 Å². The predicted octanol–water partition coefficient (Wildman–Crippen LogP) is -3.68. The third-order valence-corrected chi connectivity index (χ3v) is 24.7. The van der Waals surface area contributed by atoms with Crippen LogP contribution in [0.15, 0.2) is 12.2 Å². The van der Waals surface area contributed by atoms with Crippen LogP contribution in [-0.4, -0.2) is 406 Å². The van der Waals surface area contributed by atoms with Crippen LogP contribution in [0.4, 0.5) is 0 Å². The average molecular weight is 1850 g/mol. The highest BCUT2D eigenvalue weighted by atomic mass is 16.8. The van der Waals surface area contributed by atoms with Crippen LogP contribution >= 0.6 is 0 Å². The molecule has 7 heterocycles. The molecule has 7 saturated heterocycles. The number of rotatable bonds is 58. The maximum atomic E-state index is 13.8. The van der Waals surface area contributed by atoms with Gasteiger partial charge in [-0.1, -0.05) is 193 Å². The number of hydrogen-bond donors (Lipinski definition) is 24. The zero-order valence-electron chi connectivity index (χ0n) is 74.7. The summed E-state index contributed by atoms with van der Waals surface area (Å²) in [6.07, 6.45) is -29.1. The van der Waals surface area contributed by atoms with Gasteiger partial charge in [0.15, 0.2) is 44.0 Å². The van der Waals surface area contributed by atoms with Crippen molar-refractivity contribution in [1.29, 1.82) is 0 Å². The lowest BCUT2D eigenvalue weighted by Gasteiger charge is -2.51. The Labute approximate surface area is 748 Å². The normalized spacial score (nSPS) is 37.6. The molecule has 0 spiro atoms. The molecule has 0 aromatic carbocycles. The maximum absolute atomic E-state index is 13.8. The molecule has 37 atom stereocenters. The number of unbranched alkanes of at least 4 members (excludes halogenated alkanes) is 27. The standard InChI is InChI=1S/C86H154N4O38/c1-6-8-10-12-14-16-18-20-21-22-23-25-27-29-31-33-35-37-58(101)90-49(50(100)36-34-32-30-28-26-24-19-17-15-13-11-9-7-2)44-115-83-72(112)70(110)76(56(43-96)122-83)125-86-74(114)79(66(106)57(123-86)45-116-80-60(88-47(4)98)68(108)75(55(42-95)121-80)124-84-71(111)69(109)63(103)52(39-92)119-84)128-85-73(113)78(65(105)54(41-94)120-85)127-82-61(89-48(5)99)77(64(104)53(40-93)118-82)126-81-59(87-46(3)97)67(107)62(102)51(38-91)117-81/h34,36,49-57,59-86,91-96,100,102-114H,6-33,35,37-45H2,1-5H3,(H,87,97)(H,88,98)(H,89,99)(H,90,101)/b36-34+/t49-,50+,51?,52?,53?,54?,55?,56?,57?,59?,60?,61?,62-,63-,64-,65-,66-,67+,68+,69-,70+,71?,72?,73?,74?,75+,76+,77+,78-,79-,80+,81+,82-,83+,84-,85+,86-/m0/s1. The van der Waals surface area contributed by atoms with E-state index in [1.165, 1.54) is 109 Å². The SMILES string of the molecule is CCCCCCCCCCCCC/C=C/[C@@H](O)[C@H](CO[C@@H]1OC(CO)[C@@H](O[C@@H]2OC(CO[C@@H]3OC(CO)[C@@H](O[C@@H]4OC(CO)[C@H](O)[C@H](O)C4O)[C@H](O)C3NC(C)=O)[C@H](O)[C@H](O[C@H]3OC(CO)[C@H](O)[C@H](O[C@@H]4OC(CO)[C@H](O)[C@H](O[C@H]5OC(CO)[C@H](O)[C@H](O)C5NC(C)=O)C4NC(C)=O)C3O)C2O)[C@H](O)C1O)NC(=O)CCCCCCCCCCCCCCCCCCC. The van der Waals surface area contributed by atoms with E-state index in [2.05, 4.69) is 35.1 Å². The summed E-state index contributed by atoms with van der Waals surface area (Å²) in [5.41, 5.74) is 0. The van der Waals surface area contributed by atoms with Crippen molar-refractivity contribution < 1.29 is 188 Å². The number of carbonyl (C=O) groups excluding carboxylic acids is 4. The maximum Gasteiger partial charge on any atom is 0.220 e. The first-order valence-electron chi connectivity index (χ1n) is 46.5. The smallest absolute Gasteiger partial charge is 0.220 e. The largest absolute Gasteiger partial charge is 0.394 e. The van der Waals surface area contributed by atoms with Crippen LogP contribution in [0.3, 0.4) is 0 Å². The van der Waals surface area contributed by atoms with Crippen molar-refractivity contribution in [1.82, 2.24) is 21.3 Å². The number of hydrogen-bond acceptors (Lipinski definition) is 38. The summed E-state index contributed by atoms with van der Waals surface area (Å²) in [4.78, 5) is 52.2. The Hall–Kier alpha value is -3.74. The van der Waals surface area contributed by atoms with E-state index >= 15 is 0 Å². The van der Waals surface area contributed by atoms with Crippen molar-refractivity contribution in [2.75, 3.05) is 52.9 Å². The number of amides is 4. The molecule has 0 bridgehead atoms. The zero-order chi connectivity index (χ0) is 93.7. The summed E-state index contributed by atoms with van der Waals surface area (Å²) in [5.74, 6) is -2.92. The van der Waals surface area contributed by atoms with E-state index in [9.17, 15) is 121 Å². The van der Waals surface area contributed by atoms with E-state index in [0.29, 0.717) is 12.8 Å². The number of allylic oxidation sites excluding steroid dienone is 1. The van der Waals surface area contributed by atoms with Gasteiger partial charge in [-0.15, -0.1) is 0 Å². The first-order valence-corrected chi connectivity index (χ1v) is 46.5. The predicted molar refractivity (Wildman–Crippen MR) is 447 cm³/mol. The van der Waals surface area contributed by atoms with Gasteiger partial charge in [-0.05, 0) is 19.3 Å². The Balaban J connectivity index is 1.11. The van der Waals surface area contributed by atoms with Crippen LogP contribution in [0.5, 0.6) is 0 Å². The average Bonchev–Trinajstić information content (AvgIpc) is 0.737. The molecule has 4 amide bonds. The minimum absolute atomic E-state index is 0.121. The van der Waals surface area contributed by atoms with E-state index in [0.717, 1.165) is 85.0 Å². The van der Waals surface area contributed by atoms with Crippen LogP contribution in [0.2, 0.25) is 0 Å². The Morgan fingerprint density at radius 2 is 0.641 bits per heavy atom. The third kappa shape index (κ3) is 33.3. The molecule has 0 aromatic rings. The lowest BCUT2D eigenvalue weighted by Crippen LogP contribution is -2.71. The number of ether oxygens (including phenoxy) is 14. The second-order valence-corrected chi connectivity index (χ2v) is 34.9. The summed E-state index contributed by atoms with van der Waals surface area (Å²) >= 11 is 0. The molecule has 14 unspecified atom stereocenters. The molecule has 0 radical (unpaired) electrons. The van der Waals surface area contributed by atoms with Gasteiger partial charge in [-0.25, -0.2) is 0 Å². The van der Waals surface area contributed by atoms with Crippen molar-refractivity contribution in [2.45, 2.75) is 454 Å². The molecule has 0 aliphatic carbocycles. The van der Waals surface area contributed by atoms with E-state index in [4.69, 9.17) is 66.3 Å². The summed E-state index contributed by atoms with van der Waals surface area (Å²) in [5, 5.41) is 236. The molecule has 0 aromatic heterocycles. The van der Waals surface area contributed by atoms with E-state index in [-0.39, 0.29) is 6.42 Å². The first kappa shape index (κ1) is 111. The van der Waals surface area contributed by atoms with E-state index in [1.807, 2.05) is 6.08 Å². The van der Waals surface area contributed by atoms with Crippen molar-refractivity contribution in [3.63, 3.8) is 0 Å². The fourth-order valence-electron chi connectivity index (χ4n) is 17.2. The lowest BCUT2D eigenvalue weighted by molar-refractivity contribution is -0.392. The van der Waals surface area contributed by atoms with Gasteiger partial charge in [0.1, 0.15) is 171 Å². The van der Waals surface area contributed by atoms with Gasteiger partial charge in [0, 0.05) is 27.2 Å².